The highest BCUT2D eigenvalue weighted by atomic mass is 19.4. The third-order valence-electron chi connectivity index (χ3n) is 4.25. The van der Waals surface area contributed by atoms with Gasteiger partial charge >= 0.3 is 6.36 Å². The molecule has 148 valence electrons. The number of aliphatic imine (C=N–C) groups is 1. The summed E-state index contributed by atoms with van der Waals surface area (Å²) in [6, 6.07) is 5.02. The fourth-order valence-corrected chi connectivity index (χ4v) is 2.97. The van der Waals surface area contributed by atoms with Crippen LogP contribution in [-0.4, -0.2) is 42.5 Å². The van der Waals surface area contributed by atoms with Crippen LogP contribution in [0.25, 0.3) is 0 Å². The number of halogens is 3. The van der Waals surface area contributed by atoms with Gasteiger partial charge in [-0.2, -0.15) is 0 Å². The maximum atomic E-state index is 12.2. The van der Waals surface area contributed by atoms with E-state index in [1.165, 1.54) is 12.1 Å². The van der Waals surface area contributed by atoms with Gasteiger partial charge in [0.25, 0.3) is 0 Å². The zero-order chi connectivity index (χ0) is 20.1. The molecule has 2 heterocycles. The van der Waals surface area contributed by atoms with Crippen molar-refractivity contribution in [3.05, 3.63) is 60.3 Å². The standard InChI is InChI=1S/C20H20F3N3O2/c1-14-3-2-10-24-19(14)15-8-11-26(12-9-15)13-18(27)25-16-4-6-17(7-5-16)28-20(21,22)23/h2-9,11,14H,10,12-13H2,1H3,(H,25,27). The van der Waals surface area contributed by atoms with E-state index in [9.17, 15) is 18.0 Å². The van der Waals surface area contributed by atoms with Gasteiger partial charge in [0.1, 0.15) is 5.75 Å². The lowest BCUT2D eigenvalue weighted by molar-refractivity contribution is -0.274. The lowest BCUT2D eigenvalue weighted by atomic mass is 9.94. The Bertz CT molecular complexity index is 839. The molecule has 1 unspecified atom stereocenters. The summed E-state index contributed by atoms with van der Waals surface area (Å²) in [5.41, 5.74) is 2.51. The molecule has 0 saturated heterocycles. The summed E-state index contributed by atoms with van der Waals surface area (Å²) in [7, 11) is 0. The highest BCUT2D eigenvalue weighted by molar-refractivity contribution is 6.05. The first-order valence-electron chi connectivity index (χ1n) is 8.79. The van der Waals surface area contributed by atoms with E-state index in [-0.39, 0.29) is 24.1 Å². The number of allylic oxidation sites excluding steroid dienone is 3. The Labute approximate surface area is 160 Å². The Morgan fingerprint density at radius 3 is 2.68 bits per heavy atom. The largest absolute Gasteiger partial charge is 0.573 e. The van der Waals surface area contributed by atoms with Gasteiger partial charge in [-0.3, -0.25) is 9.79 Å². The van der Waals surface area contributed by atoms with E-state index in [1.807, 2.05) is 29.3 Å². The molecule has 1 amide bonds. The molecule has 28 heavy (non-hydrogen) atoms. The first kappa shape index (κ1) is 19.7. The number of anilines is 1. The number of nitrogens with one attached hydrogen (secondary N) is 1. The van der Waals surface area contributed by atoms with Gasteiger partial charge in [0, 0.05) is 30.1 Å². The minimum atomic E-state index is -4.74. The van der Waals surface area contributed by atoms with Crippen molar-refractivity contribution < 1.29 is 22.7 Å². The Balaban J connectivity index is 1.50. The van der Waals surface area contributed by atoms with Crippen molar-refractivity contribution in [3.63, 3.8) is 0 Å². The van der Waals surface area contributed by atoms with Crippen LogP contribution in [0, 0.1) is 5.92 Å². The molecule has 3 rings (SSSR count). The van der Waals surface area contributed by atoms with Gasteiger partial charge in [-0.05, 0) is 35.9 Å². The summed E-state index contributed by atoms with van der Waals surface area (Å²) >= 11 is 0. The maximum absolute atomic E-state index is 12.2. The topological polar surface area (TPSA) is 53.9 Å². The predicted molar refractivity (Wildman–Crippen MR) is 101 cm³/mol. The average Bonchev–Trinajstić information content (AvgIpc) is 2.63. The molecular formula is C20H20F3N3O2. The molecule has 1 N–H and O–H groups in total. The second-order valence-corrected chi connectivity index (χ2v) is 6.47. The summed E-state index contributed by atoms with van der Waals surface area (Å²) in [6.45, 7) is 3.48. The highest BCUT2D eigenvalue weighted by Gasteiger charge is 2.31. The molecule has 2 aliphatic rings. The number of rotatable bonds is 5. The van der Waals surface area contributed by atoms with Crippen LogP contribution in [0.3, 0.4) is 0 Å². The maximum Gasteiger partial charge on any atom is 0.573 e. The molecule has 0 bridgehead atoms. The van der Waals surface area contributed by atoms with Gasteiger partial charge in [-0.1, -0.05) is 25.2 Å². The van der Waals surface area contributed by atoms with E-state index >= 15 is 0 Å². The van der Waals surface area contributed by atoms with Crippen LogP contribution in [0.15, 0.2) is 65.3 Å². The van der Waals surface area contributed by atoms with Gasteiger partial charge in [-0.15, -0.1) is 13.2 Å². The van der Waals surface area contributed by atoms with Crippen molar-refractivity contribution in [1.82, 2.24) is 4.90 Å². The summed E-state index contributed by atoms with van der Waals surface area (Å²) in [4.78, 5) is 18.6. The lowest BCUT2D eigenvalue weighted by Gasteiger charge is -2.24. The first-order chi connectivity index (χ1) is 13.3. The number of carbonyl (C=O) groups excluding carboxylic acids is 1. The van der Waals surface area contributed by atoms with Crippen molar-refractivity contribution in [2.75, 3.05) is 25.0 Å². The molecule has 1 aromatic rings. The molecule has 8 heteroatoms. The van der Waals surface area contributed by atoms with E-state index < -0.39 is 6.36 Å². The highest BCUT2D eigenvalue weighted by Crippen LogP contribution is 2.24. The summed E-state index contributed by atoms with van der Waals surface area (Å²) in [5.74, 6) is -0.335. The van der Waals surface area contributed by atoms with Crippen LogP contribution < -0.4 is 10.1 Å². The molecule has 0 spiro atoms. The average molecular weight is 391 g/mol. The van der Waals surface area contributed by atoms with Gasteiger partial charge in [0.05, 0.1) is 13.1 Å². The van der Waals surface area contributed by atoms with Gasteiger partial charge in [0.15, 0.2) is 0 Å². The molecule has 1 aromatic carbocycles. The summed E-state index contributed by atoms with van der Waals surface area (Å²) in [5, 5.41) is 2.66. The molecular weight excluding hydrogens is 371 g/mol. The van der Waals surface area contributed by atoms with Gasteiger partial charge < -0.3 is 15.0 Å². The Kier molecular flexibility index (Phi) is 5.87. The smallest absolute Gasteiger partial charge is 0.406 e. The quantitative estimate of drug-likeness (QED) is 0.774. The van der Waals surface area contributed by atoms with Gasteiger partial charge in [0.2, 0.25) is 5.91 Å². The SMILES string of the molecule is CC1C=CCN=C1C1=CCN(CC(=O)Nc2ccc(OC(F)(F)F)cc2)C=C1. The molecule has 0 saturated carbocycles. The molecule has 5 nitrogen and oxygen atoms in total. The number of hydrogen-bond donors (Lipinski definition) is 1. The minimum absolute atomic E-state index is 0.128. The Morgan fingerprint density at radius 1 is 1.32 bits per heavy atom. The number of dihydropyridines is 1. The Morgan fingerprint density at radius 2 is 2.07 bits per heavy atom. The fraction of sp³-hybridized carbons (Fsp3) is 0.300. The fourth-order valence-electron chi connectivity index (χ4n) is 2.97. The minimum Gasteiger partial charge on any atom is -0.406 e. The number of ether oxygens (including phenoxy) is 1. The number of amides is 1. The predicted octanol–water partition coefficient (Wildman–Crippen LogP) is 3.93. The second-order valence-electron chi connectivity index (χ2n) is 6.47. The van der Waals surface area contributed by atoms with Crippen LogP contribution in [0.4, 0.5) is 18.9 Å². The molecule has 2 aliphatic heterocycles. The normalized spacial score (nSPS) is 19.1. The number of alkyl halides is 3. The number of carbonyl (C=O) groups is 1. The van der Waals surface area contributed by atoms with Crippen LogP contribution in [0.2, 0.25) is 0 Å². The van der Waals surface area contributed by atoms with E-state index in [4.69, 9.17) is 0 Å². The number of hydrogen-bond acceptors (Lipinski definition) is 4. The van der Waals surface area contributed by atoms with Crippen molar-refractivity contribution in [1.29, 1.82) is 0 Å². The van der Waals surface area contributed by atoms with Crippen LogP contribution in [-0.2, 0) is 4.79 Å². The second kappa shape index (κ2) is 8.33. The third-order valence-corrected chi connectivity index (χ3v) is 4.25. The third kappa shape index (κ3) is 5.48. The van der Waals surface area contributed by atoms with Crippen LogP contribution in [0.5, 0.6) is 5.75 Å². The number of benzene rings is 1. The van der Waals surface area contributed by atoms with Crippen molar-refractivity contribution >= 4 is 17.3 Å². The molecule has 0 radical (unpaired) electrons. The van der Waals surface area contributed by atoms with Crippen molar-refractivity contribution in [2.24, 2.45) is 10.9 Å². The van der Waals surface area contributed by atoms with E-state index in [0.717, 1.165) is 23.4 Å². The number of nitrogens with zero attached hydrogens (tertiary/aromatic N) is 2. The van der Waals surface area contributed by atoms with Crippen LogP contribution >= 0.6 is 0 Å². The van der Waals surface area contributed by atoms with E-state index in [0.29, 0.717) is 18.8 Å². The lowest BCUT2D eigenvalue weighted by Crippen LogP contribution is -2.31. The van der Waals surface area contributed by atoms with Crippen molar-refractivity contribution in [3.8, 4) is 5.75 Å². The Hall–Kier alpha value is -3.03. The van der Waals surface area contributed by atoms with Gasteiger partial charge in [-0.25, -0.2) is 0 Å². The zero-order valence-electron chi connectivity index (χ0n) is 15.2. The molecule has 0 aromatic heterocycles. The molecule has 0 fully saturated rings. The van der Waals surface area contributed by atoms with E-state index in [2.05, 4.69) is 28.0 Å². The molecule has 1 atom stereocenters. The van der Waals surface area contributed by atoms with Crippen LogP contribution in [0.1, 0.15) is 6.92 Å². The zero-order valence-corrected chi connectivity index (χ0v) is 15.2. The first-order valence-corrected chi connectivity index (χ1v) is 8.79. The monoisotopic (exact) mass is 391 g/mol. The van der Waals surface area contributed by atoms with E-state index in [1.54, 1.807) is 0 Å². The summed E-state index contributed by atoms with van der Waals surface area (Å²) in [6.07, 6.45) is 5.25. The van der Waals surface area contributed by atoms with Crippen molar-refractivity contribution in [2.45, 2.75) is 13.3 Å². The summed E-state index contributed by atoms with van der Waals surface area (Å²) < 4.78 is 40.3. The molecule has 0 aliphatic carbocycles.